The second-order valence-electron chi connectivity index (χ2n) is 3.60. The van der Waals surface area contributed by atoms with Crippen molar-refractivity contribution in [1.29, 1.82) is 0 Å². The molecule has 0 saturated carbocycles. The molecule has 1 aromatic carbocycles. The molecule has 4 N–H and O–H groups in total. The van der Waals surface area contributed by atoms with Crippen LogP contribution >= 0.6 is 39.1 Å². The smallest absolute Gasteiger partial charge is 0.205 e. The lowest BCUT2D eigenvalue weighted by molar-refractivity contribution is 0.415. The lowest BCUT2D eigenvalue weighted by Gasteiger charge is -2.14. The fraction of sp³-hybridized carbons (Fsp3) is 0.0909. The molecule has 0 saturated heterocycles. The predicted octanol–water partition coefficient (Wildman–Crippen LogP) is 3.58. The summed E-state index contributed by atoms with van der Waals surface area (Å²) in [5.74, 6) is 6.49. The van der Waals surface area contributed by atoms with Gasteiger partial charge in [0, 0.05) is 4.47 Å². The topological polar surface area (TPSA) is 85.1 Å². The number of ether oxygens (including phenoxy) is 1. The summed E-state index contributed by atoms with van der Waals surface area (Å²) in [6.45, 7) is 0. The summed E-state index contributed by atoms with van der Waals surface area (Å²) in [4.78, 5) is 8.04. The molecule has 1 heterocycles. The Morgan fingerprint density at radius 2 is 1.90 bits per heavy atom. The van der Waals surface area contributed by atoms with Crippen molar-refractivity contribution in [3.05, 3.63) is 33.0 Å². The number of benzene rings is 1. The first-order chi connectivity index (χ1) is 9.58. The minimum absolute atomic E-state index is 0.351. The minimum Gasteiger partial charge on any atom is -0.490 e. The Balaban J connectivity index is 2.43. The molecule has 0 bridgehead atoms. The van der Waals surface area contributed by atoms with Gasteiger partial charge in [-0.05, 0) is 28.1 Å². The van der Waals surface area contributed by atoms with Crippen LogP contribution in [-0.4, -0.2) is 17.1 Å². The van der Waals surface area contributed by atoms with E-state index in [0.29, 0.717) is 37.6 Å². The molecule has 1 aromatic heterocycles. The van der Waals surface area contributed by atoms with E-state index in [1.165, 1.54) is 13.4 Å². The van der Waals surface area contributed by atoms with Crippen molar-refractivity contribution in [3.8, 4) is 5.75 Å². The Morgan fingerprint density at radius 3 is 2.55 bits per heavy atom. The predicted molar refractivity (Wildman–Crippen MR) is 83.8 cm³/mol. The van der Waals surface area contributed by atoms with E-state index < -0.39 is 0 Å². The number of nitrogens with one attached hydrogen (secondary N) is 2. The van der Waals surface area contributed by atoms with Gasteiger partial charge in [-0.1, -0.05) is 23.2 Å². The molecular formula is C11H10BrCl2N5O. The Labute approximate surface area is 133 Å². The molecule has 106 valence electrons. The third-order valence-corrected chi connectivity index (χ3v) is 4.20. The number of rotatable bonds is 4. The lowest BCUT2D eigenvalue weighted by Crippen LogP contribution is -2.11. The summed E-state index contributed by atoms with van der Waals surface area (Å²) in [6.07, 6.45) is 1.34. The first-order valence-corrected chi connectivity index (χ1v) is 6.89. The molecule has 2 rings (SSSR count). The van der Waals surface area contributed by atoms with Crippen molar-refractivity contribution in [2.24, 2.45) is 5.84 Å². The number of hydrazine groups is 1. The molecule has 0 fully saturated rings. The maximum absolute atomic E-state index is 6.17. The van der Waals surface area contributed by atoms with E-state index in [9.17, 15) is 0 Å². The molecule has 6 nitrogen and oxygen atoms in total. The highest BCUT2D eigenvalue weighted by Gasteiger charge is 2.14. The van der Waals surface area contributed by atoms with Crippen LogP contribution in [0.3, 0.4) is 0 Å². The summed E-state index contributed by atoms with van der Waals surface area (Å²) in [7, 11) is 1.49. The van der Waals surface area contributed by atoms with Gasteiger partial charge in [0.25, 0.3) is 0 Å². The average Bonchev–Trinajstić information content (AvgIpc) is 2.47. The van der Waals surface area contributed by atoms with Crippen LogP contribution in [0.2, 0.25) is 10.0 Å². The van der Waals surface area contributed by atoms with Crippen LogP contribution in [0.5, 0.6) is 5.75 Å². The number of nitrogens with two attached hydrogens (primary N) is 1. The van der Waals surface area contributed by atoms with Crippen LogP contribution in [0.4, 0.5) is 17.3 Å². The fourth-order valence-corrected chi connectivity index (χ4v) is 2.33. The van der Waals surface area contributed by atoms with Crippen LogP contribution in [0, 0.1) is 0 Å². The van der Waals surface area contributed by atoms with E-state index in [1.54, 1.807) is 12.1 Å². The molecule has 0 aliphatic carbocycles. The Hall–Kier alpha value is -1.28. The molecule has 0 aliphatic heterocycles. The minimum atomic E-state index is 0.351. The highest BCUT2D eigenvalue weighted by atomic mass is 79.9. The first-order valence-electron chi connectivity index (χ1n) is 5.34. The van der Waals surface area contributed by atoms with Crippen molar-refractivity contribution in [3.63, 3.8) is 0 Å². The van der Waals surface area contributed by atoms with E-state index in [2.05, 4.69) is 36.6 Å². The molecule has 9 heteroatoms. The Morgan fingerprint density at radius 1 is 1.20 bits per heavy atom. The zero-order valence-corrected chi connectivity index (χ0v) is 13.3. The maximum Gasteiger partial charge on any atom is 0.205 e. The van der Waals surface area contributed by atoms with E-state index in [1.807, 2.05) is 0 Å². The molecule has 0 aliphatic rings. The summed E-state index contributed by atoms with van der Waals surface area (Å²) < 4.78 is 5.92. The van der Waals surface area contributed by atoms with E-state index >= 15 is 0 Å². The largest absolute Gasteiger partial charge is 0.490 e. The summed E-state index contributed by atoms with van der Waals surface area (Å²) >= 11 is 15.5. The van der Waals surface area contributed by atoms with E-state index in [0.717, 1.165) is 0 Å². The lowest BCUT2D eigenvalue weighted by atomic mass is 10.3. The number of nitrogens with zero attached hydrogens (tertiary/aromatic N) is 2. The summed E-state index contributed by atoms with van der Waals surface area (Å²) in [6, 6.07) is 3.53. The van der Waals surface area contributed by atoms with Gasteiger partial charge < -0.3 is 15.5 Å². The number of methoxy groups -OCH3 is 1. The number of nitrogen functional groups attached to an aromatic ring is 1. The Kier molecular flexibility index (Phi) is 4.87. The van der Waals surface area contributed by atoms with Gasteiger partial charge in [-0.3, -0.25) is 0 Å². The molecule has 0 unspecified atom stereocenters. The van der Waals surface area contributed by atoms with Crippen molar-refractivity contribution in [2.45, 2.75) is 0 Å². The zero-order chi connectivity index (χ0) is 14.7. The molecule has 2 aromatic rings. The summed E-state index contributed by atoms with van der Waals surface area (Å²) in [5.41, 5.74) is 3.01. The highest BCUT2D eigenvalue weighted by Crippen LogP contribution is 2.38. The third kappa shape index (κ3) is 2.90. The van der Waals surface area contributed by atoms with Crippen LogP contribution in [0.25, 0.3) is 0 Å². The molecule has 20 heavy (non-hydrogen) atoms. The fourth-order valence-electron chi connectivity index (χ4n) is 1.51. The monoisotopic (exact) mass is 377 g/mol. The molecule has 0 radical (unpaired) electrons. The quantitative estimate of drug-likeness (QED) is 0.428. The third-order valence-electron chi connectivity index (χ3n) is 2.43. The second kappa shape index (κ2) is 6.45. The standard InChI is InChI=1S/C11H10BrCl2N5O/c1-20-9-10(16-4-17-11(9)19-15)18-6-3-2-5(12)7(13)8(6)14/h2-4H,15H2,1H3,(H2,16,17,18,19). The van der Waals surface area contributed by atoms with Crippen molar-refractivity contribution >= 4 is 56.5 Å². The molecule has 0 amide bonds. The Bertz CT molecular complexity index is 640. The van der Waals surface area contributed by atoms with Crippen LogP contribution in [0.15, 0.2) is 22.9 Å². The van der Waals surface area contributed by atoms with Gasteiger partial charge in [0.2, 0.25) is 5.75 Å². The molecular weight excluding hydrogens is 369 g/mol. The second-order valence-corrected chi connectivity index (χ2v) is 5.21. The van der Waals surface area contributed by atoms with Crippen molar-refractivity contribution in [2.75, 3.05) is 17.9 Å². The van der Waals surface area contributed by atoms with Gasteiger partial charge in [-0.2, -0.15) is 0 Å². The number of hydrogen-bond acceptors (Lipinski definition) is 6. The number of halogens is 3. The van der Waals surface area contributed by atoms with Crippen molar-refractivity contribution < 1.29 is 4.74 Å². The highest BCUT2D eigenvalue weighted by molar-refractivity contribution is 9.10. The SMILES string of the molecule is COc1c(NN)ncnc1Nc1ccc(Br)c(Cl)c1Cl. The maximum atomic E-state index is 6.17. The van der Waals surface area contributed by atoms with Crippen LogP contribution < -0.4 is 21.3 Å². The average molecular weight is 379 g/mol. The van der Waals surface area contributed by atoms with Gasteiger partial charge in [-0.25, -0.2) is 15.8 Å². The molecule has 0 spiro atoms. The van der Waals surface area contributed by atoms with Gasteiger partial charge in [0.1, 0.15) is 6.33 Å². The van der Waals surface area contributed by atoms with Crippen LogP contribution in [0.1, 0.15) is 0 Å². The summed E-state index contributed by atoms with van der Waals surface area (Å²) in [5, 5.41) is 3.79. The van der Waals surface area contributed by atoms with E-state index in [-0.39, 0.29) is 0 Å². The van der Waals surface area contributed by atoms with Gasteiger partial charge in [0.15, 0.2) is 11.6 Å². The van der Waals surface area contributed by atoms with Gasteiger partial charge in [0.05, 0.1) is 22.8 Å². The normalized spacial score (nSPS) is 10.2. The van der Waals surface area contributed by atoms with Crippen LogP contribution in [-0.2, 0) is 0 Å². The van der Waals surface area contributed by atoms with Gasteiger partial charge in [-0.15, -0.1) is 0 Å². The van der Waals surface area contributed by atoms with Crippen molar-refractivity contribution in [1.82, 2.24) is 9.97 Å². The number of anilines is 3. The van der Waals surface area contributed by atoms with E-state index in [4.69, 9.17) is 33.8 Å². The zero-order valence-electron chi connectivity index (χ0n) is 10.2. The molecule has 0 atom stereocenters. The van der Waals surface area contributed by atoms with Gasteiger partial charge >= 0.3 is 0 Å². The number of hydrogen-bond donors (Lipinski definition) is 3. The number of aromatic nitrogens is 2. The first kappa shape index (κ1) is 15.1.